The average Bonchev–Trinajstić information content (AvgIpc) is 3.27. The van der Waals surface area contributed by atoms with Crippen molar-refractivity contribution in [1.29, 1.82) is 0 Å². The van der Waals surface area contributed by atoms with Gasteiger partial charge in [-0.25, -0.2) is 23.5 Å². The number of nitrogens with zero attached hydrogens (tertiary/aromatic N) is 6. The van der Waals surface area contributed by atoms with Crippen LogP contribution in [0.25, 0.3) is 28.0 Å². The Labute approximate surface area is 164 Å². The van der Waals surface area contributed by atoms with Crippen LogP contribution in [0.1, 0.15) is 0 Å². The van der Waals surface area contributed by atoms with Gasteiger partial charge in [0.1, 0.15) is 0 Å². The molecule has 5 aromatic rings. The number of para-hydroxylation sites is 1. The van der Waals surface area contributed by atoms with Gasteiger partial charge < -0.3 is 0 Å². The van der Waals surface area contributed by atoms with Gasteiger partial charge >= 0.3 is 11.4 Å². The van der Waals surface area contributed by atoms with Gasteiger partial charge in [0.05, 0.1) is 28.8 Å². The third-order valence-corrected chi connectivity index (χ3v) is 4.80. The van der Waals surface area contributed by atoms with Crippen LogP contribution < -0.4 is 11.4 Å². The van der Waals surface area contributed by atoms with E-state index in [2.05, 4.69) is 10.1 Å². The molecule has 3 aromatic heterocycles. The maximum Gasteiger partial charge on any atom is 0.356 e. The minimum Gasteiger partial charge on any atom is -0.262 e. The number of hydrogen-bond donors (Lipinski definition) is 0. The van der Waals surface area contributed by atoms with Crippen LogP contribution in [0, 0.1) is 0 Å². The Hall–Kier alpha value is -4.20. The van der Waals surface area contributed by atoms with Gasteiger partial charge in [0.15, 0.2) is 0 Å². The van der Waals surface area contributed by atoms with E-state index < -0.39 is 11.4 Å². The summed E-state index contributed by atoms with van der Waals surface area (Å²) in [5.41, 5.74) is 1.89. The standard InChI is InChI=1S/C21H16N6O2/c1-24-20(28)26(16-6-3-2-4-7-16)21(29)27(24)17-9-10-19-15(12-17)14-25(23-19)18-8-5-11-22-13-18/h2-14H,1H3. The van der Waals surface area contributed by atoms with Crippen LogP contribution in [0.3, 0.4) is 0 Å². The number of aromatic nitrogens is 6. The molecule has 0 amide bonds. The van der Waals surface area contributed by atoms with Crippen molar-refractivity contribution in [3.05, 3.63) is 100 Å². The Bertz CT molecular complexity index is 1440. The average molecular weight is 384 g/mol. The largest absolute Gasteiger partial charge is 0.356 e. The minimum absolute atomic E-state index is 0.410. The summed E-state index contributed by atoms with van der Waals surface area (Å²) in [5.74, 6) is 0. The zero-order valence-corrected chi connectivity index (χ0v) is 15.5. The predicted octanol–water partition coefficient (Wildman–Crippen LogP) is 2.06. The first-order chi connectivity index (χ1) is 14.1. The first-order valence-corrected chi connectivity index (χ1v) is 9.00. The lowest BCUT2D eigenvalue weighted by molar-refractivity contribution is 0.628. The highest BCUT2D eigenvalue weighted by Crippen LogP contribution is 2.18. The van der Waals surface area contributed by atoms with E-state index in [1.54, 1.807) is 54.5 Å². The summed E-state index contributed by atoms with van der Waals surface area (Å²) in [6.45, 7) is 0. The molecule has 0 atom stereocenters. The molecule has 0 saturated heterocycles. The maximum absolute atomic E-state index is 13.1. The van der Waals surface area contributed by atoms with E-state index in [-0.39, 0.29) is 0 Å². The zero-order valence-electron chi connectivity index (χ0n) is 15.5. The van der Waals surface area contributed by atoms with Gasteiger partial charge in [0.25, 0.3) is 0 Å². The van der Waals surface area contributed by atoms with Crippen molar-refractivity contribution in [2.75, 3.05) is 0 Å². The van der Waals surface area contributed by atoms with Gasteiger partial charge in [-0.2, -0.15) is 9.78 Å². The van der Waals surface area contributed by atoms with Crippen molar-refractivity contribution < 1.29 is 0 Å². The summed E-state index contributed by atoms with van der Waals surface area (Å²) in [6.07, 6.45) is 5.29. The van der Waals surface area contributed by atoms with Gasteiger partial charge in [-0.15, -0.1) is 0 Å². The Kier molecular flexibility index (Phi) is 3.77. The van der Waals surface area contributed by atoms with Crippen LogP contribution in [0.2, 0.25) is 0 Å². The molecule has 2 aromatic carbocycles. The van der Waals surface area contributed by atoms with Crippen molar-refractivity contribution in [1.82, 2.24) is 28.7 Å². The summed E-state index contributed by atoms with van der Waals surface area (Å²) in [4.78, 5) is 29.9. The molecule has 3 heterocycles. The summed E-state index contributed by atoms with van der Waals surface area (Å²) in [6, 6.07) is 18.1. The number of rotatable bonds is 3. The molecule has 0 spiro atoms. The molecule has 0 aliphatic carbocycles. The van der Waals surface area contributed by atoms with E-state index in [1.165, 1.54) is 9.36 Å². The topological polar surface area (TPSA) is 79.6 Å². The quantitative estimate of drug-likeness (QED) is 0.477. The molecule has 0 saturated carbocycles. The van der Waals surface area contributed by atoms with Crippen molar-refractivity contribution in [3.63, 3.8) is 0 Å². The number of hydrogen-bond acceptors (Lipinski definition) is 4. The summed E-state index contributed by atoms with van der Waals surface area (Å²) in [7, 11) is 1.58. The molecule has 0 aliphatic heterocycles. The van der Waals surface area contributed by atoms with E-state index in [1.807, 2.05) is 36.5 Å². The van der Waals surface area contributed by atoms with Crippen molar-refractivity contribution in [2.24, 2.45) is 7.05 Å². The molecular weight excluding hydrogens is 368 g/mol. The van der Waals surface area contributed by atoms with Crippen LogP contribution in [0.4, 0.5) is 0 Å². The maximum atomic E-state index is 13.1. The number of fused-ring (bicyclic) bond motifs is 1. The van der Waals surface area contributed by atoms with Gasteiger partial charge in [-0.05, 0) is 42.5 Å². The molecule has 0 unspecified atom stereocenters. The third kappa shape index (κ3) is 2.69. The summed E-state index contributed by atoms with van der Waals surface area (Å²) < 4.78 is 5.56. The number of benzene rings is 2. The van der Waals surface area contributed by atoms with E-state index in [0.29, 0.717) is 11.4 Å². The molecule has 0 fully saturated rings. The Morgan fingerprint density at radius 1 is 0.828 bits per heavy atom. The lowest BCUT2D eigenvalue weighted by atomic mass is 10.2. The fraction of sp³-hybridized carbons (Fsp3) is 0.0476. The SMILES string of the molecule is Cn1c(=O)n(-c2ccccc2)c(=O)n1-c1ccc2nn(-c3cccnc3)cc2c1. The van der Waals surface area contributed by atoms with E-state index >= 15 is 0 Å². The molecule has 29 heavy (non-hydrogen) atoms. The van der Waals surface area contributed by atoms with Crippen LogP contribution >= 0.6 is 0 Å². The summed E-state index contributed by atoms with van der Waals surface area (Å²) in [5, 5.41) is 5.39. The molecule has 8 nitrogen and oxygen atoms in total. The van der Waals surface area contributed by atoms with E-state index in [0.717, 1.165) is 21.2 Å². The first-order valence-electron chi connectivity index (χ1n) is 9.00. The predicted molar refractivity (Wildman–Crippen MR) is 109 cm³/mol. The van der Waals surface area contributed by atoms with Crippen LogP contribution in [-0.4, -0.2) is 28.7 Å². The monoisotopic (exact) mass is 384 g/mol. The molecule has 142 valence electrons. The molecule has 0 bridgehead atoms. The second kappa shape index (κ2) is 6.45. The fourth-order valence-electron chi connectivity index (χ4n) is 3.38. The highest BCUT2D eigenvalue weighted by atomic mass is 16.2. The highest BCUT2D eigenvalue weighted by Gasteiger charge is 2.16. The van der Waals surface area contributed by atoms with Crippen molar-refractivity contribution >= 4 is 10.9 Å². The van der Waals surface area contributed by atoms with Gasteiger partial charge in [-0.1, -0.05) is 18.2 Å². The van der Waals surface area contributed by atoms with Crippen LogP contribution in [0.5, 0.6) is 0 Å². The molecule has 0 N–H and O–H groups in total. The Morgan fingerprint density at radius 2 is 1.62 bits per heavy atom. The van der Waals surface area contributed by atoms with Crippen molar-refractivity contribution in [2.45, 2.75) is 0 Å². The molecular formula is C21H16N6O2. The second-order valence-corrected chi connectivity index (χ2v) is 6.60. The Morgan fingerprint density at radius 3 is 2.38 bits per heavy atom. The minimum atomic E-state index is -0.428. The van der Waals surface area contributed by atoms with Gasteiger partial charge in [0, 0.05) is 24.8 Å². The number of pyridine rings is 1. The summed E-state index contributed by atoms with van der Waals surface area (Å²) >= 11 is 0. The first kappa shape index (κ1) is 16.9. The van der Waals surface area contributed by atoms with Crippen LogP contribution in [0.15, 0.2) is 88.8 Å². The highest BCUT2D eigenvalue weighted by molar-refractivity contribution is 5.80. The normalized spacial score (nSPS) is 11.2. The molecule has 0 aliphatic rings. The van der Waals surface area contributed by atoms with Crippen molar-refractivity contribution in [3.8, 4) is 17.1 Å². The van der Waals surface area contributed by atoms with Gasteiger partial charge in [0.2, 0.25) is 0 Å². The lowest BCUT2D eigenvalue weighted by Gasteiger charge is -2.04. The molecule has 8 heteroatoms. The third-order valence-electron chi connectivity index (χ3n) is 4.80. The van der Waals surface area contributed by atoms with Crippen LogP contribution in [-0.2, 0) is 7.05 Å². The lowest BCUT2D eigenvalue weighted by Crippen LogP contribution is -2.26. The Balaban J connectivity index is 1.67. The second-order valence-electron chi connectivity index (χ2n) is 6.60. The molecule has 5 rings (SSSR count). The van der Waals surface area contributed by atoms with E-state index in [4.69, 9.17) is 0 Å². The van der Waals surface area contributed by atoms with Gasteiger partial charge in [-0.3, -0.25) is 4.98 Å². The van der Waals surface area contributed by atoms with E-state index in [9.17, 15) is 9.59 Å². The smallest absolute Gasteiger partial charge is 0.262 e. The zero-order chi connectivity index (χ0) is 20.0. The fourth-order valence-corrected chi connectivity index (χ4v) is 3.38. The molecule has 0 radical (unpaired) electrons.